The van der Waals surface area contributed by atoms with Crippen molar-refractivity contribution in [3.8, 4) is 0 Å². The first kappa shape index (κ1) is 30.3. The van der Waals surface area contributed by atoms with Gasteiger partial charge in [-0.15, -0.1) is 0 Å². The average Bonchev–Trinajstić information content (AvgIpc) is 2.50. The molecule has 0 aromatic rings. The highest BCUT2D eigenvalue weighted by Crippen LogP contribution is 2.58. The van der Waals surface area contributed by atoms with Crippen LogP contribution in [-0.4, -0.2) is 51.3 Å². The van der Waals surface area contributed by atoms with E-state index in [0.29, 0.717) is 0 Å². The number of ether oxygens (including phenoxy) is 2. The van der Waals surface area contributed by atoms with Gasteiger partial charge in [-0.3, -0.25) is 4.74 Å². The van der Waals surface area contributed by atoms with Gasteiger partial charge in [-0.05, 0) is 0 Å². The van der Waals surface area contributed by atoms with Crippen LogP contribution in [-0.2, 0) is 29.9 Å². The molecule has 24 heteroatoms. The second-order valence-corrected chi connectivity index (χ2v) is 7.63. The van der Waals surface area contributed by atoms with E-state index in [1.807, 2.05) is 0 Å². The minimum atomic E-state index is -8.57. The van der Waals surface area contributed by atoms with Crippen LogP contribution in [0.5, 0.6) is 0 Å². The number of hydrogen-bond donors (Lipinski definition) is 0. The predicted octanol–water partition coefficient (Wildman–Crippen LogP) is 4.33. The summed E-state index contributed by atoms with van der Waals surface area (Å²) in [5.41, 5.74) is 0. The minimum Gasteiger partial charge on any atom is -0.398 e. The van der Waals surface area contributed by atoms with Gasteiger partial charge in [0.15, 0.2) is 0 Å². The molecule has 0 aliphatic carbocycles. The number of rotatable bonds is 9. The monoisotopic (exact) mass is 560 g/mol. The van der Waals surface area contributed by atoms with Crippen LogP contribution in [0.1, 0.15) is 0 Å². The number of hydrogen-bond acceptors (Lipinski definition) is 6. The zero-order valence-corrected chi connectivity index (χ0v) is 14.9. The normalized spacial score (nSPS) is 17.0. The van der Waals surface area contributed by atoms with Crippen molar-refractivity contribution >= 4 is 20.4 Å². The van der Waals surface area contributed by atoms with Crippen molar-refractivity contribution in [2.75, 3.05) is 0 Å². The maximum absolute atomic E-state index is 14.0. The Morgan fingerprint density at radius 3 is 1.12 bits per heavy atom. The molecule has 6 nitrogen and oxygen atoms in total. The Labute approximate surface area is 163 Å². The molecule has 192 valence electrons. The molecule has 0 N–H and O–H groups in total. The van der Waals surface area contributed by atoms with Gasteiger partial charge in [0.05, 0.1) is 0 Å². The van der Waals surface area contributed by atoms with Crippen LogP contribution >= 0.6 is 0 Å². The zero-order chi connectivity index (χ0) is 26.6. The van der Waals surface area contributed by atoms with Gasteiger partial charge in [0.1, 0.15) is 0 Å². The molecule has 0 rings (SSSR count). The van der Waals surface area contributed by atoms with Crippen molar-refractivity contribution in [3.63, 3.8) is 0 Å². The molecule has 0 aliphatic heterocycles. The summed E-state index contributed by atoms with van der Waals surface area (Å²) in [6.07, 6.45) is -20.0. The topological polar surface area (TPSA) is 86.7 Å². The van der Waals surface area contributed by atoms with E-state index in [1.54, 1.807) is 4.74 Å². The van der Waals surface area contributed by atoms with Crippen molar-refractivity contribution in [3.05, 3.63) is 12.1 Å². The molecular formula is C8F16O6S2. The van der Waals surface area contributed by atoms with Crippen molar-refractivity contribution in [1.82, 2.24) is 0 Å². The lowest BCUT2D eigenvalue weighted by atomic mass is 10.2. The lowest BCUT2D eigenvalue weighted by Gasteiger charge is -2.41. The summed E-state index contributed by atoms with van der Waals surface area (Å²) in [7, 11) is -17.1. The van der Waals surface area contributed by atoms with Crippen LogP contribution in [0.2, 0.25) is 0 Å². The van der Waals surface area contributed by atoms with Crippen LogP contribution < -0.4 is 0 Å². The second kappa shape index (κ2) is 7.95. The predicted molar refractivity (Wildman–Crippen MR) is 61.1 cm³/mol. The molecule has 0 bridgehead atoms. The fourth-order valence-electron chi connectivity index (χ4n) is 1.29. The van der Waals surface area contributed by atoms with Gasteiger partial charge >= 0.3 is 67.0 Å². The van der Waals surface area contributed by atoms with E-state index in [-0.39, 0.29) is 0 Å². The summed E-state index contributed by atoms with van der Waals surface area (Å²) >= 11 is 0. The molecule has 0 spiro atoms. The standard InChI is InChI=1S/C8F16O6S2/c9-1(10)2(11)29-6(17,18)3(12,5(14,15)16)30-4(13,7(19,20)31(23,25)26)8(21,22)32(24,27)28. The third-order valence-electron chi connectivity index (χ3n) is 2.75. The van der Waals surface area contributed by atoms with Gasteiger partial charge < -0.3 is 4.74 Å². The molecule has 0 aromatic carbocycles. The smallest absolute Gasteiger partial charge is 0.398 e. The minimum absolute atomic E-state index is 1.31. The van der Waals surface area contributed by atoms with E-state index in [2.05, 4.69) is 0 Å². The highest BCUT2D eigenvalue weighted by atomic mass is 32.3. The first-order valence-electron chi connectivity index (χ1n) is 6.10. The Bertz CT molecular complexity index is 919. The lowest BCUT2D eigenvalue weighted by molar-refractivity contribution is -0.504. The summed E-state index contributed by atoms with van der Waals surface area (Å²) in [6.45, 7) is 0. The molecule has 1 atom stereocenters. The van der Waals surface area contributed by atoms with E-state index in [9.17, 15) is 86.1 Å². The van der Waals surface area contributed by atoms with Crippen LogP contribution in [0.4, 0.5) is 69.2 Å². The van der Waals surface area contributed by atoms with Crippen LogP contribution in [0.15, 0.2) is 12.1 Å². The highest BCUT2D eigenvalue weighted by Gasteiger charge is 2.89. The quantitative estimate of drug-likeness (QED) is 0.237. The van der Waals surface area contributed by atoms with Gasteiger partial charge in [-0.1, -0.05) is 7.77 Å². The average molecular weight is 560 g/mol. The first-order valence-corrected chi connectivity index (χ1v) is 8.86. The van der Waals surface area contributed by atoms with Gasteiger partial charge in [0.2, 0.25) is 0 Å². The van der Waals surface area contributed by atoms with Crippen LogP contribution in [0.3, 0.4) is 0 Å². The van der Waals surface area contributed by atoms with E-state index in [4.69, 9.17) is 0 Å². The third-order valence-corrected chi connectivity index (χ3v) is 4.50. The van der Waals surface area contributed by atoms with E-state index in [1.165, 1.54) is 4.74 Å². The largest absolute Gasteiger partial charge is 0.471 e. The van der Waals surface area contributed by atoms with Crippen LogP contribution in [0.25, 0.3) is 0 Å². The Kier molecular flexibility index (Phi) is 7.52. The summed E-state index contributed by atoms with van der Waals surface area (Å²) in [4.78, 5) is 0. The summed E-state index contributed by atoms with van der Waals surface area (Å²) in [5, 5.41) is -16.4. The van der Waals surface area contributed by atoms with Crippen LogP contribution in [0, 0.1) is 0 Å². The Hall–Kier alpha value is -1.72. The maximum atomic E-state index is 14.0. The molecule has 0 saturated heterocycles. The third kappa shape index (κ3) is 4.65. The summed E-state index contributed by atoms with van der Waals surface area (Å²) < 4.78 is 250. The molecule has 1 unspecified atom stereocenters. The van der Waals surface area contributed by atoms with E-state index >= 15 is 0 Å². The van der Waals surface area contributed by atoms with Crippen molar-refractivity contribution in [1.29, 1.82) is 0 Å². The SMILES string of the molecule is O=S(=O)(F)C(F)(F)C(F)(OC(F)(C(F)(F)F)C(F)(F)OC(F)=C(F)F)C(F)(F)S(=O)(=O)F. The van der Waals surface area contributed by atoms with Crippen molar-refractivity contribution < 1.29 is 95.5 Å². The fraction of sp³-hybridized carbons (Fsp3) is 0.750. The zero-order valence-electron chi connectivity index (χ0n) is 13.3. The molecule has 0 aromatic heterocycles. The lowest BCUT2D eigenvalue weighted by Crippen LogP contribution is -2.70. The number of halogens is 16. The van der Waals surface area contributed by atoms with Crippen molar-refractivity contribution in [2.45, 2.75) is 34.5 Å². The highest BCUT2D eigenvalue weighted by molar-refractivity contribution is 7.88. The van der Waals surface area contributed by atoms with E-state index < -0.39 is 67.0 Å². The summed E-state index contributed by atoms with van der Waals surface area (Å²) in [5.74, 6) is -16.6. The molecule has 0 saturated carbocycles. The molecule has 0 fully saturated rings. The van der Waals surface area contributed by atoms with E-state index in [0.717, 1.165) is 0 Å². The maximum Gasteiger partial charge on any atom is 0.471 e. The Morgan fingerprint density at radius 2 is 0.906 bits per heavy atom. The Balaban J connectivity index is 7.43. The van der Waals surface area contributed by atoms with Gasteiger partial charge in [-0.25, -0.2) is 0 Å². The second-order valence-electron chi connectivity index (χ2n) is 4.85. The van der Waals surface area contributed by atoms with Gasteiger partial charge in [0.25, 0.3) is 0 Å². The Morgan fingerprint density at radius 1 is 0.594 bits per heavy atom. The molecule has 0 amide bonds. The molecule has 0 aliphatic rings. The van der Waals surface area contributed by atoms with Gasteiger partial charge in [0, 0.05) is 0 Å². The summed E-state index contributed by atoms with van der Waals surface area (Å²) in [6, 6.07) is -4.23. The number of alkyl halides is 11. The first-order chi connectivity index (χ1) is 13.5. The fourth-order valence-corrected chi connectivity index (χ4v) is 2.33. The van der Waals surface area contributed by atoms with Gasteiger partial charge in [-0.2, -0.15) is 78.3 Å². The van der Waals surface area contributed by atoms with Crippen molar-refractivity contribution in [2.24, 2.45) is 0 Å². The molecular weight excluding hydrogens is 560 g/mol. The molecule has 32 heavy (non-hydrogen) atoms. The molecule has 0 radical (unpaired) electrons. The molecule has 0 heterocycles.